The second-order valence-electron chi connectivity index (χ2n) is 3.40. The van der Waals surface area contributed by atoms with Gasteiger partial charge in [0.25, 0.3) is 0 Å². The summed E-state index contributed by atoms with van der Waals surface area (Å²) in [6.45, 7) is 0. The third kappa shape index (κ3) is 2.34. The molecule has 0 aliphatic rings. The van der Waals surface area contributed by atoms with Crippen molar-refractivity contribution in [3.8, 4) is 11.1 Å². The first-order valence-electron chi connectivity index (χ1n) is 4.87. The predicted molar refractivity (Wildman–Crippen MR) is 61.7 cm³/mol. The van der Waals surface area contributed by atoms with E-state index in [1.165, 1.54) is 12.3 Å². The van der Waals surface area contributed by atoms with Crippen LogP contribution in [0, 0.1) is 10.1 Å². The van der Waals surface area contributed by atoms with Crippen LogP contribution in [0.2, 0.25) is 0 Å². The fraction of sp³-hybridized carbons (Fsp3) is 0. The molecule has 0 fully saturated rings. The SMILES string of the molecule is O=Cc1ccc(-c2ccc([N+](=O)[O-])nc2)cc1. The molecule has 0 radical (unpaired) electrons. The lowest BCUT2D eigenvalue weighted by molar-refractivity contribution is -0.389. The number of aldehydes is 1. The Morgan fingerprint density at radius 2 is 1.71 bits per heavy atom. The minimum absolute atomic E-state index is 0.182. The van der Waals surface area contributed by atoms with E-state index >= 15 is 0 Å². The zero-order chi connectivity index (χ0) is 12.3. The van der Waals surface area contributed by atoms with Gasteiger partial charge in [0.1, 0.15) is 12.5 Å². The van der Waals surface area contributed by atoms with Crippen LogP contribution in [0.5, 0.6) is 0 Å². The highest BCUT2D eigenvalue weighted by atomic mass is 16.6. The predicted octanol–water partition coefficient (Wildman–Crippen LogP) is 2.47. The molecule has 0 bridgehead atoms. The van der Waals surface area contributed by atoms with Crippen molar-refractivity contribution in [1.29, 1.82) is 0 Å². The summed E-state index contributed by atoms with van der Waals surface area (Å²) < 4.78 is 0. The third-order valence-corrected chi connectivity index (χ3v) is 2.32. The molecule has 17 heavy (non-hydrogen) atoms. The Morgan fingerprint density at radius 1 is 1.06 bits per heavy atom. The first-order valence-corrected chi connectivity index (χ1v) is 4.87. The van der Waals surface area contributed by atoms with Crippen molar-refractivity contribution in [3.05, 3.63) is 58.3 Å². The molecule has 1 aromatic heterocycles. The molecule has 0 spiro atoms. The van der Waals surface area contributed by atoms with Gasteiger partial charge in [-0.05, 0) is 21.5 Å². The molecule has 0 saturated heterocycles. The summed E-state index contributed by atoms with van der Waals surface area (Å²) >= 11 is 0. The van der Waals surface area contributed by atoms with Crippen LogP contribution in [0.25, 0.3) is 11.1 Å². The zero-order valence-electron chi connectivity index (χ0n) is 8.74. The van der Waals surface area contributed by atoms with E-state index in [9.17, 15) is 14.9 Å². The zero-order valence-corrected chi connectivity index (χ0v) is 8.74. The largest absolute Gasteiger partial charge is 0.363 e. The Bertz CT molecular complexity index is 547. The molecule has 2 aromatic rings. The van der Waals surface area contributed by atoms with Gasteiger partial charge in [0.05, 0.1) is 0 Å². The van der Waals surface area contributed by atoms with Crippen LogP contribution in [0.1, 0.15) is 10.4 Å². The molecule has 5 heteroatoms. The minimum atomic E-state index is -0.542. The van der Waals surface area contributed by atoms with E-state index in [4.69, 9.17) is 0 Å². The van der Waals surface area contributed by atoms with Gasteiger partial charge in [0, 0.05) is 17.2 Å². The Labute approximate surface area is 96.9 Å². The van der Waals surface area contributed by atoms with Crippen LogP contribution >= 0.6 is 0 Å². The minimum Gasteiger partial charge on any atom is -0.358 e. The summed E-state index contributed by atoms with van der Waals surface area (Å²) in [5.74, 6) is -0.182. The summed E-state index contributed by atoms with van der Waals surface area (Å²) in [7, 11) is 0. The molecule has 0 unspecified atom stereocenters. The van der Waals surface area contributed by atoms with E-state index in [-0.39, 0.29) is 5.82 Å². The molecule has 0 aliphatic carbocycles. The number of pyridine rings is 1. The van der Waals surface area contributed by atoms with E-state index in [1.807, 2.05) is 0 Å². The first-order chi connectivity index (χ1) is 8.20. The number of carbonyl (C=O) groups excluding carboxylic acids is 1. The Morgan fingerprint density at radius 3 is 2.18 bits per heavy atom. The van der Waals surface area contributed by atoms with Crippen LogP contribution in [-0.4, -0.2) is 16.2 Å². The molecule has 0 amide bonds. The van der Waals surface area contributed by atoms with Gasteiger partial charge in [0.2, 0.25) is 0 Å². The number of hydrogen-bond acceptors (Lipinski definition) is 4. The number of aromatic nitrogens is 1. The Hall–Kier alpha value is -2.56. The van der Waals surface area contributed by atoms with Crippen molar-refractivity contribution in [3.63, 3.8) is 0 Å². The molecule has 0 saturated carbocycles. The van der Waals surface area contributed by atoms with E-state index in [0.717, 1.165) is 17.4 Å². The van der Waals surface area contributed by atoms with E-state index < -0.39 is 4.92 Å². The summed E-state index contributed by atoms with van der Waals surface area (Å²) in [6.07, 6.45) is 2.20. The highest BCUT2D eigenvalue weighted by Gasteiger charge is 2.07. The van der Waals surface area contributed by atoms with Crippen LogP contribution < -0.4 is 0 Å². The van der Waals surface area contributed by atoms with Gasteiger partial charge in [-0.25, -0.2) is 0 Å². The monoisotopic (exact) mass is 228 g/mol. The Kier molecular flexibility index (Phi) is 2.91. The van der Waals surface area contributed by atoms with Crippen molar-refractivity contribution >= 4 is 12.1 Å². The second-order valence-corrected chi connectivity index (χ2v) is 3.40. The number of nitro groups is 1. The smallest absolute Gasteiger partial charge is 0.358 e. The summed E-state index contributed by atoms with van der Waals surface area (Å²) in [5, 5.41) is 10.4. The maximum absolute atomic E-state index is 10.5. The van der Waals surface area contributed by atoms with Gasteiger partial charge < -0.3 is 10.1 Å². The third-order valence-electron chi connectivity index (χ3n) is 2.32. The van der Waals surface area contributed by atoms with Crippen LogP contribution in [0.4, 0.5) is 5.82 Å². The topological polar surface area (TPSA) is 73.1 Å². The highest BCUT2D eigenvalue weighted by molar-refractivity contribution is 5.76. The van der Waals surface area contributed by atoms with Gasteiger partial charge in [-0.1, -0.05) is 24.3 Å². The van der Waals surface area contributed by atoms with Gasteiger partial charge in [-0.3, -0.25) is 4.79 Å². The number of rotatable bonds is 3. The molecule has 0 atom stereocenters. The maximum Gasteiger partial charge on any atom is 0.363 e. The summed E-state index contributed by atoms with van der Waals surface area (Å²) in [4.78, 5) is 24.1. The molecule has 84 valence electrons. The lowest BCUT2D eigenvalue weighted by Crippen LogP contribution is -1.91. The van der Waals surface area contributed by atoms with Gasteiger partial charge in [0.15, 0.2) is 0 Å². The van der Waals surface area contributed by atoms with Crippen molar-refractivity contribution in [2.75, 3.05) is 0 Å². The van der Waals surface area contributed by atoms with Crippen LogP contribution in [0.3, 0.4) is 0 Å². The maximum atomic E-state index is 10.5. The lowest BCUT2D eigenvalue weighted by Gasteiger charge is -1.99. The fourth-order valence-corrected chi connectivity index (χ4v) is 1.42. The molecular formula is C12H8N2O3. The average Bonchev–Trinajstić information content (AvgIpc) is 2.39. The molecular weight excluding hydrogens is 220 g/mol. The van der Waals surface area contributed by atoms with Crippen LogP contribution in [-0.2, 0) is 0 Å². The number of carbonyl (C=O) groups is 1. The van der Waals surface area contributed by atoms with Gasteiger partial charge >= 0.3 is 5.82 Å². The standard InChI is InChI=1S/C12H8N2O3/c15-8-9-1-3-10(4-2-9)11-5-6-12(13-7-11)14(16)17/h1-8H. The fourth-order valence-electron chi connectivity index (χ4n) is 1.42. The summed E-state index contributed by atoms with van der Waals surface area (Å²) in [5.41, 5.74) is 2.22. The Balaban J connectivity index is 2.32. The first kappa shape index (κ1) is 10.9. The van der Waals surface area contributed by atoms with Crippen molar-refractivity contribution in [2.24, 2.45) is 0 Å². The number of nitrogens with zero attached hydrogens (tertiary/aromatic N) is 2. The molecule has 2 rings (SSSR count). The molecule has 0 N–H and O–H groups in total. The quantitative estimate of drug-likeness (QED) is 0.459. The molecule has 5 nitrogen and oxygen atoms in total. The van der Waals surface area contributed by atoms with Gasteiger partial charge in [-0.15, -0.1) is 0 Å². The van der Waals surface area contributed by atoms with E-state index in [0.29, 0.717) is 5.56 Å². The normalized spacial score (nSPS) is 9.88. The lowest BCUT2D eigenvalue weighted by atomic mass is 10.1. The highest BCUT2D eigenvalue weighted by Crippen LogP contribution is 2.20. The number of benzene rings is 1. The second kappa shape index (κ2) is 4.52. The van der Waals surface area contributed by atoms with Crippen molar-refractivity contribution in [1.82, 2.24) is 4.98 Å². The van der Waals surface area contributed by atoms with Crippen LogP contribution in [0.15, 0.2) is 42.6 Å². The summed E-state index contributed by atoms with van der Waals surface area (Å²) in [6, 6.07) is 9.89. The van der Waals surface area contributed by atoms with Crippen molar-refractivity contribution < 1.29 is 9.72 Å². The van der Waals surface area contributed by atoms with Crippen molar-refractivity contribution in [2.45, 2.75) is 0 Å². The average molecular weight is 228 g/mol. The van der Waals surface area contributed by atoms with E-state index in [2.05, 4.69) is 4.98 Å². The molecule has 1 aromatic carbocycles. The number of hydrogen-bond donors (Lipinski definition) is 0. The van der Waals surface area contributed by atoms with Gasteiger partial charge in [-0.2, -0.15) is 0 Å². The molecule has 0 aliphatic heterocycles. The van der Waals surface area contributed by atoms with E-state index in [1.54, 1.807) is 30.3 Å². The molecule has 1 heterocycles.